The Hall–Kier alpha value is -3.16. The molecule has 0 unspecified atom stereocenters. The van der Waals surface area contributed by atoms with Gasteiger partial charge in [0.1, 0.15) is 12.4 Å². The quantitative estimate of drug-likeness (QED) is 0.641. The summed E-state index contributed by atoms with van der Waals surface area (Å²) in [4.78, 5) is 13.0. The smallest absolute Gasteiger partial charge is 0.251 e. The zero-order chi connectivity index (χ0) is 22.7. The van der Waals surface area contributed by atoms with Crippen LogP contribution in [0, 0.1) is 13.8 Å². The minimum Gasteiger partial charge on any atom is -0.492 e. The van der Waals surface area contributed by atoms with Gasteiger partial charge in [-0.15, -0.1) is 0 Å². The molecule has 7 heteroatoms. The molecule has 32 heavy (non-hydrogen) atoms. The molecule has 0 atom stereocenters. The van der Waals surface area contributed by atoms with Gasteiger partial charge in [0.25, 0.3) is 5.91 Å². The van der Waals surface area contributed by atoms with Gasteiger partial charge in [-0.2, -0.15) is 4.31 Å². The molecule has 0 saturated carbocycles. The van der Waals surface area contributed by atoms with Gasteiger partial charge >= 0.3 is 0 Å². The summed E-state index contributed by atoms with van der Waals surface area (Å²) in [6.07, 6.45) is 0. The average Bonchev–Trinajstić information content (AvgIpc) is 3.01. The second-order valence-corrected chi connectivity index (χ2v) is 9.85. The predicted octanol–water partition coefficient (Wildman–Crippen LogP) is 3.82. The van der Waals surface area contributed by atoms with Gasteiger partial charge in [0.05, 0.1) is 4.90 Å². The fourth-order valence-electron chi connectivity index (χ4n) is 3.69. The van der Waals surface area contributed by atoms with Crippen molar-refractivity contribution < 1.29 is 17.9 Å². The van der Waals surface area contributed by atoms with Crippen LogP contribution in [0.3, 0.4) is 0 Å². The lowest BCUT2D eigenvalue weighted by Crippen LogP contribution is -2.33. The Bertz CT molecular complexity index is 1240. The van der Waals surface area contributed by atoms with Crippen LogP contribution in [0.1, 0.15) is 32.6 Å². The van der Waals surface area contributed by atoms with E-state index in [-0.39, 0.29) is 30.5 Å². The summed E-state index contributed by atoms with van der Waals surface area (Å²) in [5.74, 6) is 0.383. The summed E-state index contributed by atoms with van der Waals surface area (Å²) >= 11 is 0. The van der Waals surface area contributed by atoms with Crippen molar-refractivity contribution in [3.8, 4) is 5.75 Å². The number of carbonyl (C=O) groups excluding carboxylic acids is 1. The number of hydrogen-bond donors (Lipinski definition) is 1. The van der Waals surface area contributed by atoms with Crippen LogP contribution in [0.15, 0.2) is 71.6 Å². The van der Waals surface area contributed by atoms with Crippen LogP contribution in [0.5, 0.6) is 5.75 Å². The van der Waals surface area contributed by atoms with Gasteiger partial charge in [-0.3, -0.25) is 4.79 Å². The van der Waals surface area contributed by atoms with Gasteiger partial charge in [0.2, 0.25) is 10.0 Å². The molecule has 0 fully saturated rings. The summed E-state index contributed by atoms with van der Waals surface area (Å²) in [7, 11) is -3.69. The molecular weight excluding hydrogens is 424 g/mol. The fourth-order valence-corrected chi connectivity index (χ4v) is 5.32. The highest BCUT2D eigenvalue weighted by Gasteiger charge is 2.29. The molecular formula is C25H26N2O4S. The lowest BCUT2D eigenvalue weighted by molar-refractivity contribution is 0.0950. The first kappa shape index (κ1) is 22.0. The van der Waals surface area contributed by atoms with Crippen LogP contribution in [0.25, 0.3) is 0 Å². The third-order valence-electron chi connectivity index (χ3n) is 5.55. The Morgan fingerprint density at radius 2 is 1.78 bits per heavy atom. The molecule has 4 rings (SSSR count). The molecule has 1 N–H and O–H groups in total. The lowest BCUT2D eigenvalue weighted by atomic mass is 10.1. The molecule has 3 aromatic rings. The number of sulfonamides is 1. The number of nitrogens with zero attached hydrogens (tertiary/aromatic N) is 1. The van der Waals surface area contributed by atoms with Gasteiger partial charge in [-0.1, -0.05) is 48.0 Å². The minimum absolute atomic E-state index is 0.144. The first-order chi connectivity index (χ1) is 15.3. The zero-order valence-electron chi connectivity index (χ0n) is 18.2. The molecule has 0 radical (unpaired) electrons. The number of hydrogen-bond acceptors (Lipinski definition) is 4. The maximum absolute atomic E-state index is 13.3. The van der Waals surface area contributed by atoms with E-state index in [4.69, 9.17) is 4.74 Å². The second-order valence-electron chi connectivity index (χ2n) is 7.94. The molecule has 3 aromatic carbocycles. The van der Waals surface area contributed by atoms with Gasteiger partial charge in [-0.05, 0) is 49.2 Å². The number of nitrogens with one attached hydrogen (secondary N) is 1. The molecule has 6 nitrogen and oxygen atoms in total. The Morgan fingerprint density at radius 1 is 1.03 bits per heavy atom. The Morgan fingerprint density at radius 3 is 2.53 bits per heavy atom. The average molecular weight is 451 g/mol. The van der Waals surface area contributed by atoms with Crippen molar-refractivity contribution in [1.29, 1.82) is 0 Å². The molecule has 166 valence electrons. The van der Waals surface area contributed by atoms with Crippen LogP contribution < -0.4 is 10.1 Å². The van der Waals surface area contributed by atoms with E-state index in [1.165, 1.54) is 4.31 Å². The molecule has 0 saturated heterocycles. The Balaban J connectivity index is 1.54. The number of benzene rings is 3. The first-order valence-electron chi connectivity index (χ1n) is 10.5. The maximum Gasteiger partial charge on any atom is 0.251 e. The number of carbonyl (C=O) groups is 1. The van der Waals surface area contributed by atoms with Crippen molar-refractivity contribution in [2.24, 2.45) is 0 Å². The molecule has 0 aromatic heterocycles. The lowest BCUT2D eigenvalue weighted by Gasteiger charge is -2.20. The minimum atomic E-state index is -3.69. The monoisotopic (exact) mass is 450 g/mol. The standard InChI is InChI=1S/C25H26N2O4S/c1-18-7-9-20(10-8-18)16-26-25(28)21-11-12-23-22(15-21)17-27(13-14-31-23)32(29,30)24-6-4-3-5-19(24)2/h3-12,15H,13-14,16-17H2,1-2H3,(H,26,28). The van der Waals surface area contributed by atoms with E-state index in [2.05, 4.69) is 5.32 Å². The third kappa shape index (κ3) is 4.69. The molecule has 1 aliphatic heterocycles. The molecule has 1 heterocycles. The van der Waals surface area contributed by atoms with Crippen molar-refractivity contribution >= 4 is 15.9 Å². The number of rotatable bonds is 5. The maximum atomic E-state index is 13.3. The van der Waals surface area contributed by atoms with E-state index >= 15 is 0 Å². The SMILES string of the molecule is Cc1ccc(CNC(=O)c2ccc3c(c2)CN(S(=O)(=O)c2ccccc2C)CCO3)cc1. The van der Waals surface area contributed by atoms with Crippen molar-refractivity contribution in [3.63, 3.8) is 0 Å². The summed E-state index contributed by atoms with van der Waals surface area (Å²) in [6.45, 7) is 4.84. The molecule has 0 spiro atoms. The van der Waals surface area contributed by atoms with Gasteiger partial charge in [0, 0.05) is 30.8 Å². The number of aryl methyl sites for hydroxylation is 2. The van der Waals surface area contributed by atoms with E-state index in [1.54, 1.807) is 43.3 Å². The molecule has 1 amide bonds. The van der Waals surface area contributed by atoms with Crippen LogP contribution >= 0.6 is 0 Å². The van der Waals surface area contributed by atoms with Crippen molar-refractivity contribution in [3.05, 3.63) is 94.5 Å². The van der Waals surface area contributed by atoms with Crippen LogP contribution in [-0.4, -0.2) is 31.8 Å². The fraction of sp³-hybridized carbons (Fsp3) is 0.240. The summed E-state index contributed by atoms with van der Waals surface area (Å²) in [5, 5.41) is 2.92. The normalized spacial score (nSPS) is 14.2. The van der Waals surface area contributed by atoms with Gasteiger partial charge in [0.15, 0.2) is 0 Å². The number of amides is 1. The molecule has 1 aliphatic rings. The first-order valence-corrected chi connectivity index (χ1v) is 11.9. The summed E-state index contributed by atoms with van der Waals surface area (Å²) in [5.41, 5.74) is 4.01. The third-order valence-corrected chi connectivity index (χ3v) is 7.56. The summed E-state index contributed by atoms with van der Waals surface area (Å²) in [6, 6.07) is 20.1. The van der Waals surface area contributed by atoms with Crippen LogP contribution in [0.4, 0.5) is 0 Å². The highest BCUT2D eigenvalue weighted by Crippen LogP contribution is 2.28. The van der Waals surface area contributed by atoms with Crippen LogP contribution in [-0.2, 0) is 23.1 Å². The number of ether oxygens (including phenoxy) is 1. The Labute approximate surface area is 188 Å². The van der Waals surface area contributed by atoms with E-state index in [9.17, 15) is 13.2 Å². The van der Waals surface area contributed by atoms with Crippen molar-refractivity contribution in [2.75, 3.05) is 13.2 Å². The van der Waals surface area contributed by atoms with Crippen molar-refractivity contribution in [2.45, 2.75) is 31.8 Å². The topological polar surface area (TPSA) is 75.7 Å². The van der Waals surface area contributed by atoms with Crippen LogP contribution in [0.2, 0.25) is 0 Å². The van der Waals surface area contributed by atoms with E-state index in [0.29, 0.717) is 29.0 Å². The van der Waals surface area contributed by atoms with Gasteiger partial charge in [-0.25, -0.2) is 8.42 Å². The highest BCUT2D eigenvalue weighted by molar-refractivity contribution is 7.89. The van der Waals surface area contributed by atoms with Crippen molar-refractivity contribution in [1.82, 2.24) is 9.62 Å². The zero-order valence-corrected chi connectivity index (χ0v) is 19.0. The molecule has 0 aliphatic carbocycles. The summed E-state index contributed by atoms with van der Waals surface area (Å²) < 4.78 is 33.7. The largest absolute Gasteiger partial charge is 0.492 e. The molecule has 0 bridgehead atoms. The predicted molar refractivity (Wildman–Crippen MR) is 123 cm³/mol. The highest BCUT2D eigenvalue weighted by atomic mass is 32.2. The van der Waals surface area contributed by atoms with E-state index in [0.717, 1.165) is 11.1 Å². The Kier molecular flexibility index (Phi) is 6.30. The second kappa shape index (κ2) is 9.14. The van der Waals surface area contributed by atoms with Gasteiger partial charge < -0.3 is 10.1 Å². The van der Waals surface area contributed by atoms with E-state index < -0.39 is 10.0 Å². The van der Waals surface area contributed by atoms with E-state index in [1.807, 2.05) is 37.3 Å². The number of fused-ring (bicyclic) bond motifs is 1.